The summed E-state index contributed by atoms with van der Waals surface area (Å²) in [6.07, 6.45) is 4.70. The van der Waals surface area contributed by atoms with Crippen molar-refractivity contribution in [1.29, 1.82) is 0 Å². The van der Waals surface area contributed by atoms with Crippen LogP contribution in [0.15, 0.2) is 158 Å². The van der Waals surface area contributed by atoms with E-state index in [4.69, 9.17) is 0 Å². The van der Waals surface area contributed by atoms with E-state index in [1.165, 1.54) is 135 Å². The van der Waals surface area contributed by atoms with Crippen LogP contribution in [0.2, 0.25) is 0 Å². The summed E-state index contributed by atoms with van der Waals surface area (Å²) in [5.74, 6) is 0.865. The van der Waals surface area contributed by atoms with Crippen LogP contribution in [0.4, 0.5) is 51.2 Å². The van der Waals surface area contributed by atoms with Crippen LogP contribution in [0.25, 0.3) is 21.2 Å². The largest absolute Gasteiger partial charge is 0.311 e. The Hall–Kier alpha value is -6.82. The minimum absolute atomic E-state index is 0.0290. The van der Waals surface area contributed by atoms with Gasteiger partial charge in [-0.1, -0.05) is 177 Å². The van der Waals surface area contributed by atoms with Crippen molar-refractivity contribution in [2.75, 3.05) is 14.7 Å². The molecule has 2 aliphatic carbocycles. The minimum atomic E-state index is -0.0558. The number of rotatable bonds is 8. The van der Waals surface area contributed by atoms with Crippen LogP contribution in [0.1, 0.15) is 186 Å². The molecule has 0 bridgehead atoms. The molecule has 0 amide bonds. The Morgan fingerprint density at radius 3 is 1.61 bits per heavy atom. The quantitative estimate of drug-likeness (QED) is 0.140. The van der Waals surface area contributed by atoms with E-state index in [0.29, 0.717) is 11.8 Å². The van der Waals surface area contributed by atoms with Gasteiger partial charge in [-0.2, -0.15) is 0 Å². The molecule has 13 rings (SSSR count). The molecule has 3 nitrogen and oxygen atoms in total. The molecule has 2 aliphatic heterocycles. The van der Waals surface area contributed by atoms with Gasteiger partial charge in [-0.15, -0.1) is 11.3 Å². The fourth-order valence-electron chi connectivity index (χ4n) is 14.6. The zero-order valence-electron chi connectivity index (χ0n) is 51.8. The van der Waals surface area contributed by atoms with Crippen molar-refractivity contribution >= 4 is 95.0 Å². The summed E-state index contributed by atoms with van der Waals surface area (Å²) in [7, 11) is 0. The van der Waals surface area contributed by atoms with Crippen LogP contribution >= 0.6 is 11.3 Å². The van der Waals surface area contributed by atoms with Gasteiger partial charge in [-0.25, -0.2) is 0 Å². The summed E-state index contributed by atoms with van der Waals surface area (Å²) >= 11 is 2.05. The maximum absolute atomic E-state index is 2.74. The summed E-state index contributed by atoms with van der Waals surface area (Å²) in [6.45, 7) is 38.3. The second kappa shape index (κ2) is 19.1. The summed E-state index contributed by atoms with van der Waals surface area (Å²) < 4.78 is 2.81. The number of fused-ring (bicyclic) bond motifs is 8. The molecule has 0 saturated heterocycles. The van der Waals surface area contributed by atoms with Crippen molar-refractivity contribution < 1.29 is 0 Å². The predicted octanol–water partition coefficient (Wildman–Crippen LogP) is 20.7. The van der Waals surface area contributed by atoms with Crippen molar-refractivity contribution in [3.8, 4) is 11.1 Å². The molecule has 0 N–H and O–H groups in total. The Balaban J connectivity index is 1.14. The molecule has 1 aromatic heterocycles. The summed E-state index contributed by atoms with van der Waals surface area (Å²) in [4.78, 5) is 7.91. The molecule has 416 valence electrons. The minimum Gasteiger partial charge on any atom is -0.311 e. The molecule has 9 aromatic rings. The lowest BCUT2D eigenvalue weighted by Gasteiger charge is -2.45. The van der Waals surface area contributed by atoms with Gasteiger partial charge in [0.2, 0.25) is 0 Å². The Labute approximate surface area is 495 Å². The van der Waals surface area contributed by atoms with E-state index in [9.17, 15) is 0 Å². The van der Waals surface area contributed by atoms with Crippen molar-refractivity contribution in [2.24, 2.45) is 0 Å². The molecule has 5 heteroatoms. The van der Waals surface area contributed by atoms with Crippen molar-refractivity contribution in [3.63, 3.8) is 0 Å². The molecule has 0 spiro atoms. The van der Waals surface area contributed by atoms with Crippen LogP contribution in [0.5, 0.6) is 0 Å². The predicted molar refractivity (Wildman–Crippen MR) is 358 cm³/mol. The van der Waals surface area contributed by atoms with Crippen LogP contribution in [-0.2, 0) is 27.1 Å². The van der Waals surface area contributed by atoms with Crippen molar-refractivity contribution in [3.05, 3.63) is 202 Å². The highest BCUT2D eigenvalue weighted by Gasteiger charge is 2.48. The number of hydrogen-bond acceptors (Lipinski definition) is 4. The van der Waals surface area contributed by atoms with E-state index in [2.05, 4.69) is 283 Å². The zero-order chi connectivity index (χ0) is 57.7. The second-order valence-corrected chi connectivity index (χ2v) is 30.3. The van der Waals surface area contributed by atoms with E-state index in [1.54, 1.807) is 0 Å². The third-order valence-electron chi connectivity index (χ3n) is 19.9. The lowest BCUT2D eigenvalue weighted by atomic mass is 9.36. The first kappa shape index (κ1) is 54.4. The molecule has 3 heterocycles. The monoisotopic (exact) mass is 1090 g/mol. The van der Waals surface area contributed by atoms with Crippen LogP contribution in [-0.4, -0.2) is 6.71 Å². The standard InChI is InChI=1S/C77H84BN3S/c1-47(2)50-22-27-54(28-23-50)79(55-29-24-51(25-30-55)48(3)4)57-32-34-64-66(44-57)81(65-35-26-53(73(6,7)8)42-58(65)52-20-18-17-19-21-52)68-41-49(5)40-67-70(68)78(64)72-71(59-45-62-63(46-69(59)82-72)77(15,16)39-38-76(62,13)14)80(67)56-31-33-60-61(43-56)75(11,12)37-36-74(60,9)10/h17-35,40-48H,36-39H2,1-16H3. The number of hydrogen-bond donors (Lipinski definition) is 0. The Morgan fingerprint density at radius 2 is 1.04 bits per heavy atom. The van der Waals surface area contributed by atoms with Gasteiger partial charge in [0.05, 0.1) is 11.4 Å². The van der Waals surface area contributed by atoms with Crippen LogP contribution in [0, 0.1) is 6.92 Å². The molecule has 0 radical (unpaired) electrons. The number of benzene rings is 8. The number of anilines is 9. The smallest absolute Gasteiger partial charge is 0.264 e. The van der Waals surface area contributed by atoms with Gasteiger partial charge in [0.15, 0.2) is 0 Å². The molecule has 0 saturated carbocycles. The topological polar surface area (TPSA) is 9.72 Å². The SMILES string of the molecule is Cc1cc2c3c(c1)N(c1ccc4c(c1)C(C)(C)CCC4(C)C)c1c(sc4cc5c(cc14)C(C)(C)CCC5(C)C)B3c1ccc(N(c3ccc(C(C)C)cc3)c3ccc(C(C)C)cc3)cc1N2c1ccc(C(C)(C)C)cc1-c1ccccc1. The van der Waals surface area contributed by atoms with Gasteiger partial charge >= 0.3 is 0 Å². The highest BCUT2D eigenvalue weighted by atomic mass is 32.1. The molecule has 82 heavy (non-hydrogen) atoms. The van der Waals surface area contributed by atoms with Crippen molar-refractivity contribution in [1.82, 2.24) is 0 Å². The van der Waals surface area contributed by atoms with E-state index >= 15 is 0 Å². The number of aryl methyl sites for hydroxylation is 1. The first-order valence-electron chi connectivity index (χ1n) is 30.7. The molecule has 8 aromatic carbocycles. The molecule has 0 atom stereocenters. The van der Waals surface area contributed by atoms with Crippen LogP contribution < -0.4 is 30.4 Å². The Kier molecular flexibility index (Phi) is 12.7. The number of thiophene rings is 1. The fraction of sp³-hybridized carbons (Fsp3) is 0.351. The van der Waals surface area contributed by atoms with Crippen LogP contribution in [0.3, 0.4) is 0 Å². The lowest BCUT2D eigenvalue weighted by Crippen LogP contribution is -2.60. The molecular formula is C77H84BN3S. The van der Waals surface area contributed by atoms with Crippen molar-refractivity contribution in [2.45, 2.75) is 175 Å². The molecule has 0 fully saturated rings. The first-order valence-corrected chi connectivity index (χ1v) is 31.5. The summed E-state index contributed by atoms with van der Waals surface area (Å²) in [5.41, 5.74) is 27.6. The number of nitrogens with zero attached hydrogens (tertiary/aromatic N) is 3. The molecule has 4 aliphatic rings. The third kappa shape index (κ3) is 8.80. The highest BCUT2D eigenvalue weighted by Crippen LogP contribution is 2.55. The maximum atomic E-state index is 2.74. The average molecular weight is 1090 g/mol. The maximum Gasteiger partial charge on any atom is 0.264 e. The van der Waals surface area contributed by atoms with Gasteiger partial charge in [-0.05, 0) is 217 Å². The fourth-order valence-corrected chi connectivity index (χ4v) is 15.9. The van der Waals surface area contributed by atoms with E-state index in [1.807, 2.05) is 11.3 Å². The van der Waals surface area contributed by atoms with E-state index in [0.717, 1.165) is 23.5 Å². The zero-order valence-corrected chi connectivity index (χ0v) is 52.6. The highest BCUT2D eigenvalue weighted by molar-refractivity contribution is 7.33. The van der Waals surface area contributed by atoms with E-state index < -0.39 is 0 Å². The Bertz CT molecular complexity index is 3940. The molecular weight excluding hydrogens is 1010 g/mol. The van der Waals surface area contributed by atoms with Gasteiger partial charge in [0.25, 0.3) is 6.71 Å². The Morgan fingerprint density at radius 1 is 0.500 bits per heavy atom. The summed E-state index contributed by atoms with van der Waals surface area (Å²) in [5, 5.41) is 1.38. The molecule has 0 unspecified atom stereocenters. The third-order valence-corrected chi connectivity index (χ3v) is 21.1. The first-order chi connectivity index (χ1) is 38.8. The van der Waals surface area contributed by atoms with E-state index in [-0.39, 0.29) is 33.8 Å². The summed E-state index contributed by atoms with van der Waals surface area (Å²) in [6, 6.07) is 62.5. The van der Waals surface area contributed by atoms with Gasteiger partial charge < -0.3 is 14.7 Å². The van der Waals surface area contributed by atoms with Gasteiger partial charge in [-0.3, -0.25) is 0 Å². The second-order valence-electron chi connectivity index (χ2n) is 29.2. The normalized spacial score (nSPS) is 17.1. The van der Waals surface area contributed by atoms with Gasteiger partial charge in [0.1, 0.15) is 0 Å². The lowest BCUT2D eigenvalue weighted by molar-refractivity contribution is 0.332. The average Bonchev–Trinajstić information content (AvgIpc) is 1.38. The van der Waals surface area contributed by atoms with Gasteiger partial charge in [0, 0.05) is 60.2 Å².